The minimum absolute atomic E-state index is 0. The van der Waals surface area contributed by atoms with Gasteiger partial charge < -0.3 is 19.1 Å². The van der Waals surface area contributed by atoms with Crippen molar-refractivity contribution in [1.29, 1.82) is 0 Å². The molecule has 0 radical (unpaired) electrons. The SMILES string of the molecule is CC(C)c1cccc(C(C)C)c1-c1cc(Oc2[c-]c3c(cc2)c2ccccc2n3-c2cc(C(C)(C)C)ccn2)[c-]c(N2[CH-]N(c3c(C(C)C)cc(-c4ccc(F)cc4)cc3C(C)C)c3ccccc32)c1.[Pt]. The van der Waals surface area contributed by atoms with Crippen LogP contribution in [0.2, 0.25) is 0 Å². The monoisotopic (exact) mass is 1120 g/mol. The van der Waals surface area contributed by atoms with Crippen LogP contribution in [0.25, 0.3) is 49.9 Å². The van der Waals surface area contributed by atoms with E-state index in [1.807, 2.05) is 24.4 Å². The molecule has 0 bridgehead atoms. The Balaban J connectivity index is 0.00000624. The number of fused-ring (bicyclic) bond motifs is 4. The van der Waals surface area contributed by atoms with Crippen molar-refractivity contribution >= 4 is 44.6 Å². The molecule has 0 aliphatic carbocycles. The van der Waals surface area contributed by atoms with Gasteiger partial charge in [-0.1, -0.05) is 142 Å². The fourth-order valence-electron chi connectivity index (χ4n) is 10.2. The maximum absolute atomic E-state index is 14.1. The summed E-state index contributed by atoms with van der Waals surface area (Å²) in [6.45, 7) is 27.0. The van der Waals surface area contributed by atoms with Gasteiger partial charge in [0.15, 0.2) is 0 Å². The molecule has 0 saturated carbocycles. The molecule has 1 aliphatic heterocycles. The molecule has 0 unspecified atom stereocenters. The van der Waals surface area contributed by atoms with Crippen LogP contribution in [0.4, 0.5) is 27.1 Å². The number of benzene rings is 7. The van der Waals surface area contributed by atoms with Crippen LogP contribution in [0.3, 0.4) is 0 Å². The second kappa shape index (κ2) is 19.6. The third-order valence-electron chi connectivity index (χ3n) is 13.8. The van der Waals surface area contributed by atoms with Crippen LogP contribution in [0, 0.1) is 24.6 Å². The summed E-state index contributed by atoms with van der Waals surface area (Å²) in [6.07, 6.45) is 1.91. The van der Waals surface area contributed by atoms with Gasteiger partial charge in [0.25, 0.3) is 0 Å². The number of rotatable bonds is 11. The molecule has 364 valence electrons. The van der Waals surface area contributed by atoms with Crippen molar-refractivity contribution in [3.05, 3.63) is 198 Å². The molecule has 9 aromatic rings. The molecule has 2 aromatic heterocycles. The zero-order chi connectivity index (χ0) is 49.2. The minimum atomic E-state index is -0.238. The molecule has 0 saturated heterocycles. The molecule has 71 heavy (non-hydrogen) atoms. The van der Waals surface area contributed by atoms with Gasteiger partial charge in [0, 0.05) is 61.3 Å². The van der Waals surface area contributed by atoms with Crippen LogP contribution in [0.15, 0.2) is 146 Å². The molecule has 0 fully saturated rings. The second-order valence-electron chi connectivity index (χ2n) is 21.1. The predicted octanol–water partition coefficient (Wildman–Crippen LogP) is 18.2. The van der Waals surface area contributed by atoms with E-state index in [1.165, 1.54) is 33.4 Å². The van der Waals surface area contributed by atoms with Gasteiger partial charge >= 0.3 is 0 Å². The van der Waals surface area contributed by atoms with Crippen molar-refractivity contribution in [2.45, 2.75) is 105 Å². The van der Waals surface area contributed by atoms with E-state index in [0.717, 1.165) is 67.1 Å². The Labute approximate surface area is 434 Å². The van der Waals surface area contributed by atoms with Gasteiger partial charge in [-0.05, 0) is 134 Å². The molecular weight excluding hydrogens is 1050 g/mol. The third-order valence-corrected chi connectivity index (χ3v) is 13.8. The van der Waals surface area contributed by atoms with Crippen LogP contribution >= 0.6 is 0 Å². The Morgan fingerprint density at radius 2 is 1.18 bits per heavy atom. The first kappa shape index (κ1) is 49.5. The number of hydrogen-bond donors (Lipinski definition) is 0. The largest absolute Gasteiger partial charge is 0.509 e. The van der Waals surface area contributed by atoms with Crippen molar-refractivity contribution in [2.24, 2.45) is 0 Å². The van der Waals surface area contributed by atoms with Crippen LogP contribution in [-0.2, 0) is 26.5 Å². The van der Waals surface area contributed by atoms with Gasteiger partial charge in [-0.3, -0.25) is 0 Å². The maximum Gasteiger partial charge on any atom is 0.135 e. The molecule has 0 N–H and O–H groups in total. The van der Waals surface area contributed by atoms with Crippen molar-refractivity contribution in [3.8, 4) is 39.6 Å². The summed E-state index contributed by atoms with van der Waals surface area (Å²) in [5, 5.41) is 2.21. The standard InChI is InChI=1S/C64H62FN4O.Pt/c1-39(2)51-18-16-19-52(40(3)4)62(51)45-31-48(36-50(32-45)70-49-27-28-54-53-17-12-13-20-57(53)69(60(54)37-49)61-35-46(29-30-66-61)64(9,10)11)67-38-68(59-22-15-14-21-58(59)67)63-55(41(5)6)33-44(34-56(63)42(7)8)43-23-25-47(65)26-24-43;/h12-35,38-42H,1-11H3;/q-3;. The van der Waals surface area contributed by atoms with Crippen molar-refractivity contribution in [2.75, 3.05) is 9.80 Å². The molecular formula is C64H62FN4OPt-3. The van der Waals surface area contributed by atoms with E-state index in [-0.39, 0.29) is 56.0 Å². The van der Waals surface area contributed by atoms with Crippen molar-refractivity contribution < 1.29 is 30.2 Å². The van der Waals surface area contributed by atoms with Gasteiger partial charge in [-0.25, -0.2) is 9.37 Å². The zero-order valence-electron chi connectivity index (χ0n) is 42.6. The average molecular weight is 1120 g/mol. The molecule has 3 heterocycles. The van der Waals surface area contributed by atoms with E-state index in [2.05, 4.69) is 219 Å². The number of para-hydroxylation sites is 3. The van der Waals surface area contributed by atoms with E-state index in [1.54, 1.807) is 12.1 Å². The summed E-state index contributed by atoms with van der Waals surface area (Å²) < 4.78 is 23.4. The molecule has 0 spiro atoms. The van der Waals surface area contributed by atoms with Crippen molar-refractivity contribution in [3.63, 3.8) is 0 Å². The van der Waals surface area contributed by atoms with E-state index in [4.69, 9.17) is 9.72 Å². The molecule has 7 aromatic carbocycles. The predicted molar refractivity (Wildman–Crippen MR) is 290 cm³/mol. The van der Waals surface area contributed by atoms with Gasteiger partial charge in [0.2, 0.25) is 0 Å². The Bertz CT molecular complexity index is 3360. The summed E-state index contributed by atoms with van der Waals surface area (Å²) >= 11 is 0. The summed E-state index contributed by atoms with van der Waals surface area (Å²) in [6, 6.07) is 55.6. The van der Waals surface area contributed by atoms with Crippen molar-refractivity contribution in [1.82, 2.24) is 9.55 Å². The van der Waals surface area contributed by atoms with Gasteiger partial charge in [0.1, 0.15) is 11.6 Å². The number of anilines is 4. The number of hydrogen-bond acceptors (Lipinski definition) is 4. The Kier molecular flexibility index (Phi) is 13.7. The van der Waals surface area contributed by atoms with Crippen LogP contribution in [-0.4, -0.2) is 9.55 Å². The summed E-state index contributed by atoms with van der Waals surface area (Å²) in [5.74, 6) is 2.74. The minimum Gasteiger partial charge on any atom is -0.509 e. The molecule has 7 heteroatoms. The Morgan fingerprint density at radius 1 is 0.563 bits per heavy atom. The first-order valence-corrected chi connectivity index (χ1v) is 24.8. The summed E-state index contributed by atoms with van der Waals surface area (Å²) in [5.41, 5.74) is 16.6. The number of ether oxygens (including phenoxy) is 1. The van der Waals surface area contributed by atoms with Gasteiger partial charge in [-0.2, -0.15) is 6.07 Å². The Morgan fingerprint density at radius 3 is 1.82 bits per heavy atom. The molecule has 0 atom stereocenters. The fraction of sp³-hybridized carbons (Fsp3) is 0.250. The quantitative estimate of drug-likeness (QED) is 0.121. The summed E-state index contributed by atoms with van der Waals surface area (Å²) in [4.78, 5) is 9.55. The topological polar surface area (TPSA) is 33.5 Å². The zero-order valence-corrected chi connectivity index (χ0v) is 44.9. The third kappa shape index (κ3) is 9.33. The van der Waals surface area contributed by atoms with E-state index >= 15 is 0 Å². The van der Waals surface area contributed by atoms with E-state index in [9.17, 15) is 4.39 Å². The van der Waals surface area contributed by atoms with E-state index < -0.39 is 0 Å². The van der Waals surface area contributed by atoms with Crippen LogP contribution < -0.4 is 14.5 Å². The second-order valence-corrected chi connectivity index (χ2v) is 21.1. The Hall–Kier alpha value is -6.49. The number of halogens is 1. The number of aromatic nitrogens is 2. The first-order chi connectivity index (χ1) is 33.5. The van der Waals surface area contributed by atoms with E-state index in [0.29, 0.717) is 11.5 Å². The van der Waals surface area contributed by atoms with Crippen LogP contribution in [0.5, 0.6) is 11.5 Å². The molecule has 5 nitrogen and oxygen atoms in total. The van der Waals surface area contributed by atoms with Gasteiger partial charge in [-0.15, -0.1) is 53.6 Å². The fourth-order valence-corrected chi connectivity index (χ4v) is 10.2. The van der Waals surface area contributed by atoms with Gasteiger partial charge in [0.05, 0.1) is 0 Å². The first-order valence-electron chi connectivity index (χ1n) is 24.8. The maximum atomic E-state index is 14.1. The number of nitrogens with zero attached hydrogens (tertiary/aromatic N) is 4. The average Bonchev–Trinajstić information content (AvgIpc) is 3.89. The van der Waals surface area contributed by atoms with Crippen LogP contribution in [0.1, 0.15) is 128 Å². The summed E-state index contributed by atoms with van der Waals surface area (Å²) in [7, 11) is 0. The molecule has 0 amide bonds. The molecule has 1 aliphatic rings. The smallest absolute Gasteiger partial charge is 0.135 e. The molecule has 10 rings (SSSR count). The number of pyridine rings is 1. The normalized spacial score (nSPS) is 12.8.